The fraction of sp³-hybridized carbons (Fsp3) is 0.300. The number of methoxy groups -OCH3 is 1. The van der Waals surface area contributed by atoms with Gasteiger partial charge in [-0.2, -0.15) is 0 Å². The van der Waals surface area contributed by atoms with Gasteiger partial charge in [0.1, 0.15) is 11.4 Å². The minimum atomic E-state index is 0.394. The van der Waals surface area contributed by atoms with Crippen molar-refractivity contribution in [1.29, 1.82) is 0 Å². The Morgan fingerprint density at radius 2 is 2.00 bits per heavy atom. The van der Waals surface area contributed by atoms with Crippen LogP contribution in [0.5, 0.6) is 5.75 Å². The summed E-state index contributed by atoms with van der Waals surface area (Å²) in [7, 11) is 1.71. The number of nitrogens with one attached hydrogen (secondary N) is 1. The highest BCUT2D eigenvalue weighted by Crippen LogP contribution is 2.35. The van der Waals surface area contributed by atoms with Gasteiger partial charge in [0.15, 0.2) is 0 Å². The molecule has 0 saturated heterocycles. The average molecular weight is 323 g/mol. The van der Waals surface area contributed by atoms with Crippen LogP contribution in [0.25, 0.3) is 0 Å². The first kappa shape index (κ1) is 17.7. The van der Waals surface area contributed by atoms with E-state index in [4.69, 9.17) is 4.74 Å². The van der Waals surface area contributed by atoms with Gasteiger partial charge in [0.05, 0.1) is 18.5 Å². The van der Waals surface area contributed by atoms with Crippen LogP contribution in [0, 0.1) is 0 Å². The second kappa shape index (κ2) is 8.87. The zero-order valence-electron chi connectivity index (χ0n) is 14.6. The Morgan fingerprint density at radius 1 is 1.21 bits per heavy atom. The Bertz CT molecular complexity index is 710. The smallest absolute Gasteiger partial charge is 0.122 e. The van der Waals surface area contributed by atoms with E-state index in [0.29, 0.717) is 5.92 Å². The lowest BCUT2D eigenvalue weighted by atomic mass is 9.97. The Morgan fingerprint density at radius 3 is 2.71 bits per heavy atom. The predicted octanol–water partition coefficient (Wildman–Crippen LogP) is 5.36. The van der Waals surface area contributed by atoms with E-state index >= 15 is 0 Å². The monoisotopic (exact) mass is 323 g/mol. The molecule has 0 spiro atoms. The van der Waals surface area contributed by atoms with Gasteiger partial charge in [-0.05, 0) is 49.7 Å². The van der Waals surface area contributed by atoms with E-state index in [2.05, 4.69) is 35.0 Å². The fourth-order valence-corrected chi connectivity index (χ4v) is 2.74. The molecule has 4 nitrogen and oxygen atoms in total. The van der Waals surface area contributed by atoms with Crippen molar-refractivity contribution in [2.75, 3.05) is 19.0 Å². The lowest BCUT2D eigenvalue weighted by Gasteiger charge is -2.17. The second-order valence-corrected chi connectivity index (χ2v) is 5.58. The van der Waals surface area contributed by atoms with Crippen LogP contribution in [0.3, 0.4) is 0 Å². The summed E-state index contributed by atoms with van der Waals surface area (Å²) in [4.78, 5) is 8.46. The summed E-state index contributed by atoms with van der Waals surface area (Å²) in [5.41, 5.74) is 3.81. The molecule has 2 aromatic carbocycles. The summed E-state index contributed by atoms with van der Waals surface area (Å²) >= 11 is 0. The Hall–Kier alpha value is -2.62. The van der Waals surface area contributed by atoms with Gasteiger partial charge in [-0.3, -0.25) is 9.98 Å². The number of benzene rings is 2. The molecular formula is C20H25N3O. The Kier molecular flexibility index (Phi) is 6.55. The molecule has 1 atom stereocenters. The first-order valence-electron chi connectivity index (χ1n) is 8.16. The van der Waals surface area contributed by atoms with Crippen LogP contribution in [0.15, 0.2) is 52.4 Å². The minimum absolute atomic E-state index is 0.394. The first-order chi connectivity index (χ1) is 11.7. The largest absolute Gasteiger partial charge is 0.496 e. The maximum Gasteiger partial charge on any atom is 0.122 e. The molecule has 2 aromatic rings. The van der Waals surface area contributed by atoms with Gasteiger partial charge >= 0.3 is 0 Å². The molecule has 0 aliphatic heterocycles. The van der Waals surface area contributed by atoms with Crippen molar-refractivity contribution >= 4 is 30.0 Å². The van der Waals surface area contributed by atoms with Crippen LogP contribution in [0.1, 0.15) is 31.7 Å². The van der Waals surface area contributed by atoms with Crippen LogP contribution < -0.4 is 10.1 Å². The molecule has 0 saturated carbocycles. The van der Waals surface area contributed by atoms with Crippen LogP contribution in [-0.2, 0) is 0 Å². The van der Waals surface area contributed by atoms with E-state index in [1.165, 1.54) is 5.56 Å². The van der Waals surface area contributed by atoms with Crippen molar-refractivity contribution in [3.8, 4) is 5.75 Å². The third-order valence-electron chi connectivity index (χ3n) is 4.00. The fourth-order valence-electron chi connectivity index (χ4n) is 2.74. The number of hydrogen-bond donors (Lipinski definition) is 1. The summed E-state index contributed by atoms with van der Waals surface area (Å²) in [6, 6.07) is 14.1. The molecule has 126 valence electrons. The summed E-state index contributed by atoms with van der Waals surface area (Å²) < 4.78 is 5.45. The quantitative estimate of drug-likeness (QED) is 0.665. The zero-order valence-corrected chi connectivity index (χ0v) is 14.6. The Labute approximate surface area is 144 Å². The third-order valence-corrected chi connectivity index (χ3v) is 4.00. The van der Waals surface area contributed by atoms with Crippen LogP contribution >= 0.6 is 0 Å². The normalized spacial score (nSPS) is 12.1. The third kappa shape index (κ3) is 4.22. The highest BCUT2D eigenvalue weighted by atomic mass is 16.5. The molecule has 0 aromatic heterocycles. The van der Waals surface area contributed by atoms with Crippen molar-refractivity contribution in [3.63, 3.8) is 0 Å². The number of aliphatic imine (C=N–C) groups is 2. The molecular weight excluding hydrogens is 298 g/mol. The van der Waals surface area contributed by atoms with E-state index in [1.807, 2.05) is 43.3 Å². The lowest BCUT2D eigenvalue weighted by molar-refractivity contribution is 0.405. The van der Waals surface area contributed by atoms with E-state index in [-0.39, 0.29) is 0 Å². The van der Waals surface area contributed by atoms with Gasteiger partial charge in [-0.15, -0.1) is 0 Å². The van der Waals surface area contributed by atoms with Gasteiger partial charge < -0.3 is 10.1 Å². The number of nitrogens with zero attached hydrogens (tertiary/aromatic N) is 2. The molecule has 0 amide bonds. The van der Waals surface area contributed by atoms with Gasteiger partial charge in [-0.25, -0.2) is 0 Å². The van der Waals surface area contributed by atoms with Crippen molar-refractivity contribution in [1.82, 2.24) is 0 Å². The van der Waals surface area contributed by atoms with Crippen molar-refractivity contribution < 1.29 is 4.74 Å². The van der Waals surface area contributed by atoms with Crippen LogP contribution in [0.4, 0.5) is 17.1 Å². The van der Waals surface area contributed by atoms with Crippen molar-refractivity contribution in [2.45, 2.75) is 26.2 Å². The summed E-state index contributed by atoms with van der Waals surface area (Å²) in [6.07, 6.45) is 2.75. The molecule has 0 fully saturated rings. The molecule has 1 N–H and O–H groups in total. The molecule has 24 heavy (non-hydrogen) atoms. The molecule has 0 radical (unpaired) electrons. The minimum Gasteiger partial charge on any atom is -0.496 e. The number of anilines is 1. The molecule has 2 rings (SSSR count). The molecule has 0 bridgehead atoms. The molecule has 0 aliphatic rings. The molecule has 4 heteroatoms. The van der Waals surface area contributed by atoms with Gasteiger partial charge in [0.2, 0.25) is 0 Å². The molecule has 1 unspecified atom stereocenters. The summed E-state index contributed by atoms with van der Waals surface area (Å²) in [5.74, 6) is 1.34. The van der Waals surface area contributed by atoms with Gasteiger partial charge in [-0.1, -0.05) is 31.2 Å². The van der Waals surface area contributed by atoms with E-state index in [9.17, 15) is 0 Å². The first-order valence-corrected chi connectivity index (χ1v) is 8.16. The number of para-hydroxylation sites is 2. The highest BCUT2D eigenvalue weighted by molar-refractivity contribution is 5.81. The zero-order chi connectivity index (χ0) is 17.4. The van der Waals surface area contributed by atoms with Crippen LogP contribution in [0.2, 0.25) is 0 Å². The summed E-state index contributed by atoms with van der Waals surface area (Å²) in [5, 5.41) is 3.45. The molecule has 0 aliphatic carbocycles. The number of hydrogen-bond acceptors (Lipinski definition) is 4. The topological polar surface area (TPSA) is 46.0 Å². The SMILES string of the molecule is C=Nc1c(/N=C\C)cccc1NCCC(C)c1ccccc1OC. The standard InChI is InChI=1S/C20H25N3O/c1-5-22-17-10-8-11-18(20(17)21-3)23-14-13-15(2)16-9-6-7-12-19(16)24-4/h5-12,15,23H,3,13-14H2,1-2,4H3/b22-5-. The average Bonchev–Trinajstić information content (AvgIpc) is 2.62. The van der Waals surface area contributed by atoms with E-state index < -0.39 is 0 Å². The van der Waals surface area contributed by atoms with Crippen molar-refractivity contribution in [3.05, 3.63) is 48.0 Å². The summed E-state index contributed by atoms with van der Waals surface area (Å²) in [6.45, 7) is 8.60. The highest BCUT2D eigenvalue weighted by Gasteiger charge is 2.11. The predicted molar refractivity (Wildman–Crippen MR) is 104 cm³/mol. The maximum absolute atomic E-state index is 5.45. The number of rotatable bonds is 8. The van der Waals surface area contributed by atoms with Crippen LogP contribution in [-0.4, -0.2) is 26.6 Å². The van der Waals surface area contributed by atoms with Crippen molar-refractivity contribution in [2.24, 2.45) is 9.98 Å². The Balaban J connectivity index is 2.04. The second-order valence-electron chi connectivity index (χ2n) is 5.58. The van der Waals surface area contributed by atoms with Gasteiger partial charge in [0, 0.05) is 12.8 Å². The lowest BCUT2D eigenvalue weighted by Crippen LogP contribution is -2.07. The van der Waals surface area contributed by atoms with Gasteiger partial charge in [0.25, 0.3) is 0 Å². The van der Waals surface area contributed by atoms with E-state index in [1.54, 1.807) is 13.3 Å². The molecule has 0 heterocycles. The maximum atomic E-state index is 5.45. The van der Waals surface area contributed by atoms with E-state index in [0.717, 1.165) is 35.8 Å². The number of ether oxygens (including phenoxy) is 1.